The molecule has 214 valence electrons. The van der Waals surface area contributed by atoms with Crippen LogP contribution >= 0.6 is 34.5 Å². The molecule has 0 aliphatic carbocycles. The molecular weight excluding hydrogens is 565 g/mol. The maximum atomic E-state index is 12.5. The Hall–Kier alpha value is -2.36. The Morgan fingerprint density at radius 1 is 1.02 bits per heavy atom. The van der Waals surface area contributed by atoms with Crippen molar-refractivity contribution in [2.45, 2.75) is 38.3 Å². The number of nitrogens with one attached hydrogen (secondary N) is 1. The summed E-state index contributed by atoms with van der Waals surface area (Å²) in [6.07, 6.45) is 3.05. The third kappa shape index (κ3) is 8.10. The second kappa shape index (κ2) is 14.0. The Balaban J connectivity index is 0.975. The van der Waals surface area contributed by atoms with Gasteiger partial charge in [-0.05, 0) is 68.3 Å². The quantitative estimate of drug-likeness (QED) is 0.296. The first-order valence-electron chi connectivity index (χ1n) is 14.0. The van der Waals surface area contributed by atoms with Crippen LogP contribution in [0.15, 0.2) is 47.8 Å². The Kier molecular flexibility index (Phi) is 10.2. The molecule has 1 aromatic heterocycles. The minimum Gasteiger partial charge on any atom is -0.494 e. The number of hydrogen-bond donors (Lipinski definition) is 1. The maximum Gasteiger partial charge on any atom is 0.220 e. The number of aromatic nitrogens is 1. The first-order valence-corrected chi connectivity index (χ1v) is 15.6. The van der Waals surface area contributed by atoms with E-state index in [4.69, 9.17) is 32.9 Å². The van der Waals surface area contributed by atoms with Crippen molar-refractivity contribution in [3.63, 3.8) is 0 Å². The van der Waals surface area contributed by atoms with Crippen LogP contribution in [-0.2, 0) is 11.3 Å². The van der Waals surface area contributed by atoms with E-state index in [0.29, 0.717) is 29.5 Å². The molecule has 3 aromatic rings. The van der Waals surface area contributed by atoms with Gasteiger partial charge < -0.3 is 19.9 Å². The molecule has 3 heterocycles. The molecule has 2 aliphatic heterocycles. The third-order valence-electron chi connectivity index (χ3n) is 7.58. The maximum absolute atomic E-state index is 12.5. The van der Waals surface area contributed by atoms with Crippen LogP contribution in [0.1, 0.15) is 31.2 Å². The van der Waals surface area contributed by atoms with Crippen molar-refractivity contribution in [1.29, 1.82) is 0 Å². The van der Waals surface area contributed by atoms with Crippen molar-refractivity contribution in [2.24, 2.45) is 0 Å². The van der Waals surface area contributed by atoms with E-state index in [9.17, 15) is 4.79 Å². The van der Waals surface area contributed by atoms with E-state index in [2.05, 4.69) is 44.6 Å². The summed E-state index contributed by atoms with van der Waals surface area (Å²) in [6, 6.07) is 14.1. The van der Waals surface area contributed by atoms with Gasteiger partial charge in [0.05, 0.1) is 22.3 Å². The third-order valence-corrected chi connectivity index (χ3v) is 9.22. The van der Waals surface area contributed by atoms with Gasteiger partial charge in [0.15, 0.2) is 5.13 Å². The Labute approximate surface area is 251 Å². The zero-order valence-corrected chi connectivity index (χ0v) is 25.3. The fourth-order valence-corrected chi connectivity index (χ4v) is 6.33. The number of carbonyl (C=O) groups is 1. The van der Waals surface area contributed by atoms with Gasteiger partial charge in [0.1, 0.15) is 5.75 Å². The van der Waals surface area contributed by atoms with Crippen molar-refractivity contribution >= 4 is 45.6 Å². The Morgan fingerprint density at radius 3 is 2.50 bits per heavy atom. The van der Waals surface area contributed by atoms with Crippen LogP contribution in [-0.4, -0.2) is 79.7 Å². The van der Waals surface area contributed by atoms with Crippen molar-refractivity contribution in [3.05, 3.63) is 63.5 Å². The lowest BCUT2D eigenvalue weighted by molar-refractivity contribution is -0.122. The topological polar surface area (TPSA) is 60.9 Å². The van der Waals surface area contributed by atoms with Crippen LogP contribution < -0.4 is 15.0 Å². The number of halogens is 2. The molecule has 0 saturated carbocycles. The molecule has 10 heteroatoms. The lowest BCUT2D eigenvalue weighted by Gasteiger charge is -2.32. The number of hydrogen-bond acceptors (Lipinski definition) is 7. The van der Waals surface area contributed by atoms with Gasteiger partial charge in [-0.15, -0.1) is 11.3 Å². The first kappa shape index (κ1) is 29.1. The summed E-state index contributed by atoms with van der Waals surface area (Å²) in [5.41, 5.74) is 3.25. The fourth-order valence-electron chi connectivity index (χ4n) is 5.12. The fraction of sp³-hybridized carbons (Fsp3) is 0.467. The van der Waals surface area contributed by atoms with Gasteiger partial charge in [0.25, 0.3) is 0 Å². The van der Waals surface area contributed by atoms with Gasteiger partial charge in [-0.1, -0.05) is 29.3 Å². The minimum absolute atomic E-state index is 0.0987. The summed E-state index contributed by atoms with van der Waals surface area (Å²) >= 11 is 13.9. The molecule has 0 spiro atoms. The predicted octanol–water partition coefficient (Wildman–Crippen LogP) is 5.81. The molecule has 1 amide bonds. The van der Waals surface area contributed by atoms with Gasteiger partial charge in [0.2, 0.25) is 5.91 Å². The zero-order valence-electron chi connectivity index (χ0n) is 23.0. The first-order chi connectivity index (χ1) is 19.4. The molecule has 0 radical (unpaired) electrons. The van der Waals surface area contributed by atoms with Crippen molar-refractivity contribution in [3.8, 4) is 17.0 Å². The molecule has 7 nitrogen and oxygen atoms in total. The van der Waals surface area contributed by atoms with E-state index < -0.39 is 0 Å². The van der Waals surface area contributed by atoms with Gasteiger partial charge in [-0.3, -0.25) is 9.69 Å². The number of carbonyl (C=O) groups excluding carboxylic acids is 1. The van der Waals surface area contributed by atoms with E-state index in [1.807, 2.05) is 30.3 Å². The zero-order chi connectivity index (χ0) is 27.9. The second-order valence-corrected chi connectivity index (χ2v) is 12.3. The molecule has 2 aromatic carbocycles. The summed E-state index contributed by atoms with van der Waals surface area (Å²) in [6.45, 7) is 7.44. The summed E-state index contributed by atoms with van der Waals surface area (Å²) in [5, 5.41) is 7.59. The highest BCUT2D eigenvalue weighted by molar-refractivity contribution is 7.14. The highest BCUT2D eigenvalue weighted by Gasteiger charge is 2.21. The molecule has 1 N–H and O–H groups in total. The van der Waals surface area contributed by atoms with E-state index in [1.54, 1.807) is 11.3 Å². The number of piperazine rings is 1. The standard InChI is InChI=1S/C30H37Cl2N5O2S/c1-35-14-16-37(17-15-35)30-34-28(21-40-30)23-5-7-25(8-6-23)39-18-2-3-29(38)33-24-10-12-36(13-11-24)20-22-4-9-26(31)27(32)19-22/h4-9,19,21,24H,2-3,10-18,20H2,1H3,(H,33,38). The molecule has 40 heavy (non-hydrogen) atoms. The predicted molar refractivity (Wildman–Crippen MR) is 165 cm³/mol. The highest BCUT2D eigenvalue weighted by atomic mass is 35.5. The highest BCUT2D eigenvalue weighted by Crippen LogP contribution is 2.29. The monoisotopic (exact) mass is 601 g/mol. The van der Waals surface area contributed by atoms with Crippen LogP contribution in [0.25, 0.3) is 11.3 Å². The molecule has 0 atom stereocenters. The van der Waals surface area contributed by atoms with Crippen LogP contribution in [0.5, 0.6) is 5.75 Å². The van der Waals surface area contributed by atoms with E-state index in [0.717, 1.165) is 86.4 Å². The van der Waals surface area contributed by atoms with E-state index in [1.165, 1.54) is 0 Å². The summed E-state index contributed by atoms with van der Waals surface area (Å²) in [5.74, 6) is 0.912. The number of thiazole rings is 1. The number of piperidine rings is 1. The number of nitrogens with zero attached hydrogens (tertiary/aromatic N) is 4. The van der Waals surface area contributed by atoms with Crippen molar-refractivity contribution in [2.75, 3.05) is 57.8 Å². The van der Waals surface area contributed by atoms with Crippen molar-refractivity contribution in [1.82, 2.24) is 20.1 Å². The average Bonchev–Trinajstić information content (AvgIpc) is 3.45. The molecule has 2 saturated heterocycles. The van der Waals surface area contributed by atoms with Crippen LogP contribution in [0, 0.1) is 0 Å². The SMILES string of the molecule is CN1CCN(c2nc(-c3ccc(OCCCC(=O)NC4CCN(Cc5ccc(Cl)c(Cl)c5)CC4)cc3)cs2)CC1. The molecule has 2 aliphatic rings. The lowest BCUT2D eigenvalue weighted by Crippen LogP contribution is -2.44. The smallest absolute Gasteiger partial charge is 0.220 e. The van der Waals surface area contributed by atoms with Gasteiger partial charge in [-0.25, -0.2) is 4.98 Å². The molecule has 2 fully saturated rings. The minimum atomic E-state index is 0.0987. The molecule has 0 bridgehead atoms. The number of amides is 1. The van der Waals surface area contributed by atoms with Crippen LogP contribution in [0.3, 0.4) is 0 Å². The van der Waals surface area contributed by atoms with E-state index >= 15 is 0 Å². The van der Waals surface area contributed by atoms with E-state index in [-0.39, 0.29) is 11.9 Å². The number of rotatable bonds is 10. The number of ether oxygens (including phenoxy) is 1. The summed E-state index contributed by atoms with van der Waals surface area (Å²) in [7, 11) is 2.16. The Morgan fingerprint density at radius 2 is 1.77 bits per heavy atom. The average molecular weight is 603 g/mol. The summed E-state index contributed by atoms with van der Waals surface area (Å²) < 4.78 is 5.90. The Bertz CT molecular complexity index is 1260. The number of benzene rings is 2. The van der Waals surface area contributed by atoms with Crippen LogP contribution in [0.4, 0.5) is 5.13 Å². The van der Waals surface area contributed by atoms with Crippen molar-refractivity contribution < 1.29 is 9.53 Å². The number of anilines is 1. The normalized spacial score (nSPS) is 17.2. The van der Waals surface area contributed by atoms with Gasteiger partial charge >= 0.3 is 0 Å². The number of likely N-dealkylation sites (N-methyl/N-ethyl adjacent to an activating group) is 1. The van der Waals surface area contributed by atoms with Crippen LogP contribution in [0.2, 0.25) is 10.0 Å². The van der Waals surface area contributed by atoms with Gasteiger partial charge in [0, 0.05) is 69.2 Å². The number of likely N-dealkylation sites (tertiary alicyclic amines) is 1. The molecular formula is C30H37Cl2N5O2S. The van der Waals surface area contributed by atoms with Gasteiger partial charge in [-0.2, -0.15) is 0 Å². The molecule has 0 unspecified atom stereocenters. The summed E-state index contributed by atoms with van der Waals surface area (Å²) in [4.78, 5) is 24.4. The second-order valence-electron chi connectivity index (χ2n) is 10.6. The lowest BCUT2D eigenvalue weighted by atomic mass is 10.0. The molecule has 5 rings (SSSR count). The largest absolute Gasteiger partial charge is 0.494 e.